The molecule has 11 rings (SSSR count). The van der Waals surface area contributed by atoms with Gasteiger partial charge >= 0.3 is 0 Å². The second-order valence-corrected chi connectivity index (χ2v) is 15.1. The average Bonchev–Trinajstić information content (AvgIpc) is 3.82. The molecular weight excluding hydrogens is 701 g/mol. The maximum absolute atomic E-state index is 5.12. The predicted molar refractivity (Wildman–Crippen MR) is 234 cm³/mol. The number of hydrogen-bond acceptors (Lipinski definition) is 4. The highest BCUT2D eigenvalue weighted by Gasteiger charge is 2.20. The first-order chi connectivity index (χ1) is 27.8. The lowest BCUT2D eigenvalue weighted by atomic mass is 10.00. The van der Waals surface area contributed by atoms with Gasteiger partial charge in [0.1, 0.15) is 0 Å². The smallest absolute Gasteiger partial charge is 0.164 e. The van der Waals surface area contributed by atoms with Crippen molar-refractivity contribution in [1.82, 2.24) is 19.5 Å². The van der Waals surface area contributed by atoms with E-state index in [2.05, 4.69) is 138 Å². The summed E-state index contributed by atoms with van der Waals surface area (Å²) in [5.74, 6) is 1.90. The molecule has 0 amide bonds. The number of rotatable bonds is 6. The molecule has 5 heteroatoms. The summed E-state index contributed by atoms with van der Waals surface area (Å²) in [6, 6.07) is 68.7. The van der Waals surface area contributed by atoms with Crippen LogP contribution in [0, 0.1) is 0 Å². The lowest BCUT2D eigenvalue weighted by Gasteiger charge is -2.17. The Hall–Kier alpha value is -7.21. The van der Waals surface area contributed by atoms with Gasteiger partial charge in [0.15, 0.2) is 17.5 Å². The van der Waals surface area contributed by atoms with E-state index in [1.165, 1.54) is 42.1 Å². The van der Waals surface area contributed by atoms with E-state index in [4.69, 9.17) is 15.0 Å². The minimum atomic E-state index is 0.622. The number of thiophene rings is 1. The minimum Gasteiger partial charge on any atom is -0.309 e. The Bertz CT molecular complexity index is 3180. The van der Waals surface area contributed by atoms with E-state index < -0.39 is 0 Å². The fraction of sp³-hybridized carbons (Fsp3) is 0. The Morgan fingerprint density at radius 2 is 0.893 bits per heavy atom. The standard InChI is InChI=1S/C51H32N4S/c1-4-15-33(16-5-1)38-29-28-37(51-53-49(34-17-6-2-7-18-34)52-50(54-51)35-19-8-3-9-20-35)32-45(38)55-44-25-12-10-21-40(44)41-30-27-36(31-46(41)55)39-23-14-24-43-42-22-11-13-26-47(42)56-48(39)43/h1-32H. The summed E-state index contributed by atoms with van der Waals surface area (Å²) in [6.45, 7) is 0. The Balaban J connectivity index is 1.18. The van der Waals surface area contributed by atoms with Crippen LogP contribution in [0.2, 0.25) is 0 Å². The number of aromatic nitrogens is 4. The van der Waals surface area contributed by atoms with Crippen molar-refractivity contribution in [2.24, 2.45) is 0 Å². The van der Waals surface area contributed by atoms with E-state index in [9.17, 15) is 0 Å². The molecule has 0 saturated heterocycles. The monoisotopic (exact) mass is 732 g/mol. The molecule has 0 aliphatic rings. The van der Waals surface area contributed by atoms with Crippen LogP contribution in [0.25, 0.3) is 104 Å². The first-order valence-electron chi connectivity index (χ1n) is 18.8. The first-order valence-corrected chi connectivity index (χ1v) is 19.6. The topological polar surface area (TPSA) is 43.6 Å². The fourth-order valence-corrected chi connectivity index (χ4v) is 9.27. The highest BCUT2D eigenvalue weighted by molar-refractivity contribution is 7.26. The van der Waals surface area contributed by atoms with E-state index in [-0.39, 0.29) is 0 Å². The summed E-state index contributed by atoms with van der Waals surface area (Å²) >= 11 is 1.87. The molecule has 0 atom stereocenters. The van der Waals surface area contributed by atoms with Crippen molar-refractivity contribution in [2.45, 2.75) is 0 Å². The first kappa shape index (κ1) is 32.2. The number of para-hydroxylation sites is 1. The molecule has 0 N–H and O–H groups in total. The van der Waals surface area contributed by atoms with E-state index in [1.807, 2.05) is 72.0 Å². The van der Waals surface area contributed by atoms with Gasteiger partial charge in [-0.1, -0.05) is 170 Å². The van der Waals surface area contributed by atoms with E-state index in [1.54, 1.807) is 0 Å². The predicted octanol–water partition coefficient (Wildman–Crippen LogP) is 13.7. The second-order valence-electron chi connectivity index (χ2n) is 14.0. The van der Waals surface area contributed by atoms with Crippen LogP contribution < -0.4 is 0 Å². The van der Waals surface area contributed by atoms with Crippen molar-refractivity contribution in [3.8, 4) is 62.1 Å². The molecule has 3 aromatic heterocycles. The highest BCUT2D eigenvalue weighted by atomic mass is 32.1. The Kier molecular flexibility index (Phi) is 7.64. The van der Waals surface area contributed by atoms with Crippen LogP contribution in [0.3, 0.4) is 0 Å². The van der Waals surface area contributed by atoms with Gasteiger partial charge < -0.3 is 4.57 Å². The summed E-state index contributed by atoms with van der Waals surface area (Å²) < 4.78 is 5.04. The van der Waals surface area contributed by atoms with Crippen molar-refractivity contribution in [2.75, 3.05) is 0 Å². The van der Waals surface area contributed by atoms with Crippen molar-refractivity contribution in [3.63, 3.8) is 0 Å². The van der Waals surface area contributed by atoms with Gasteiger partial charge in [0.25, 0.3) is 0 Å². The molecule has 8 aromatic carbocycles. The Labute approximate surface area is 327 Å². The molecule has 0 bridgehead atoms. The van der Waals surface area contributed by atoms with E-state index in [0.717, 1.165) is 44.5 Å². The number of nitrogens with zero attached hydrogens (tertiary/aromatic N) is 4. The fourth-order valence-electron chi connectivity index (χ4n) is 8.03. The van der Waals surface area contributed by atoms with Crippen LogP contribution in [0.5, 0.6) is 0 Å². The minimum absolute atomic E-state index is 0.622. The lowest BCUT2D eigenvalue weighted by molar-refractivity contribution is 1.07. The lowest BCUT2D eigenvalue weighted by Crippen LogP contribution is -2.02. The number of hydrogen-bond donors (Lipinski definition) is 0. The van der Waals surface area contributed by atoms with Gasteiger partial charge in [-0.3, -0.25) is 0 Å². The Morgan fingerprint density at radius 1 is 0.339 bits per heavy atom. The molecule has 0 aliphatic heterocycles. The summed E-state index contributed by atoms with van der Waals surface area (Å²) in [5, 5.41) is 5.01. The third kappa shape index (κ3) is 5.40. The quantitative estimate of drug-likeness (QED) is 0.171. The van der Waals surface area contributed by atoms with Crippen LogP contribution in [-0.2, 0) is 0 Å². The van der Waals surface area contributed by atoms with Gasteiger partial charge in [-0.25, -0.2) is 15.0 Å². The molecule has 0 radical (unpaired) electrons. The third-order valence-electron chi connectivity index (χ3n) is 10.7. The molecule has 0 fully saturated rings. The van der Waals surface area contributed by atoms with Gasteiger partial charge in [0.05, 0.1) is 16.7 Å². The maximum atomic E-state index is 5.12. The SMILES string of the molecule is c1ccc(-c2nc(-c3ccccc3)nc(-c3ccc(-c4ccccc4)c(-n4c5ccccc5c5ccc(-c6cccc7c6sc6ccccc67)cc54)c3)n2)cc1. The molecular formula is C51H32N4S. The third-order valence-corrected chi connectivity index (χ3v) is 11.9. The summed E-state index contributed by atoms with van der Waals surface area (Å²) in [6.07, 6.45) is 0. The summed E-state index contributed by atoms with van der Waals surface area (Å²) in [5.41, 5.74) is 10.8. The highest BCUT2D eigenvalue weighted by Crippen LogP contribution is 2.43. The van der Waals surface area contributed by atoms with Crippen LogP contribution in [0.15, 0.2) is 194 Å². The second kappa shape index (κ2) is 13.3. The maximum Gasteiger partial charge on any atom is 0.164 e. The molecule has 56 heavy (non-hydrogen) atoms. The Morgan fingerprint density at radius 3 is 1.61 bits per heavy atom. The largest absolute Gasteiger partial charge is 0.309 e. The van der Waals surface area contributed by atoms with Crippen molar-refractivity contribution in [1.29, 1.82) is 0 Å². The molecule has 0 spiro atoms. The molecule has 4 nitrogen and oxygen atoms in total. The zero-order valence-corrected chi connectivity index (χ0v) is 31.0. The summed E-state index contributed by atoms with van der Waals surface area (Å²) in [7, 11) is 0. The van der Waals surface area contributed by atoms with Gasteiger partial charge in [-0.2, -0.15) is 0 Å². The molecule has 3 heterocycles. The van der Waals surface area contributed by atoms with Gasteiger partial charge in [-0.05, 0) is 41.0 Å². The number of fused-ring (bicyclic) bond motifs is 6. The zero-order valence-electron chi connectivity index (χ0n) is 30.2. The van der Waals surface area contributed by atoms with Gasteiger partial charge in [0.2, 0.25) is 0 Å². The summed E-state index contributed by atoms with van der Waals surface area (Å²) in [4.78, 5) is 15.2. The molecule has 0 aliphatic carbocycles. The molecule has 262 valence electrons. The molecule has 0 unspecified atom stereocenters. The van der Waals surface area contributed by atoms with Crippen molar-refractivity contribution in [3.05, 3.63) is 194 Å². The average molecular weight is 733 g/mol. The molecule has 0 saturated carbocycles. The van der Waals surface area contributed by atoms with E-state index >= 15 is 0 Å². The van der Waals surface area contributed by atoms with Crippen LogP contribution in [0.1, 0.15) is 0 Å². The van der Waals surface area contributed by atoms with E-state index in [0.29, 0.717) is 17.5 Å². The van der Waals surface area contributed by atoms with Crippen LogP contribution in [-0.4, -0.2) is 19.5 Å². The normalized spacial score (nSPS) is 11.6. The van der Waals surface area contributed by atoms with Crippen LogP contribution in [0.4, 0.5) is 0 Å². The van der Waals surface area contributed by atoms with Crippen molar-refractivity contribution >= 4 is 53.3 Å². The zero-order chi connectivity index (χ0) is 37.0. The number of benzene rings is 8. The van der Waals surface area contributed by atoms with Crippen molar-refractivity contribution < 1.29 is 0 Å². The van der Waals surface area contributed by atoms with Crippen LogP contribution >= 0.6 is 11.3 Å². The van der Waals surface area contributed by atoms with Gasteiger partial charge in [-0.15, -0.1) is 11.3 Å². The van der Waals surface area contributed by atoms with Gasteiger partial charge in [0, 0.05) is 53.2 Å². The molecule has 11 aromatic rings.